The van der Waals surface area contributed by atoms with E-state index in [2.05, 4.69) is 10.6 Å². The minimum Gasteiger partial charge on any atom is -0.397 e. The summed E-state index contributed by atoms with van der Waals surface area (Å²) in [5, 5.41) is 5.81. The van der Waals surface area contributed by atoms with Crippen molar-refractivity contribution >= 4 is 17.4 Å². The normalized spacial score (nSPS) is 15.7. The number of benzene rings is 1. The van der Waals surface area contributed by atoms with Crippen LogP contribution in [0.15, 0.2) is 12.1 Å². The maximum Gasteiger partial charge on any atom is 0.319 e. The number of carbonyl (C=O) groups excluding carboxylic acids is 1. The number of anilines is 2. The number of urea groups is 1. The second-order valence-corrected chi connectivity index (χ2v) is 5.10. The topological polar surface area (TPSA) is 67.1 Å². The Bertz CT molecular complexity index is 451. The van der Waals surface area contributed by atoms with Crippen molar-refractivity contribution in [3.8, 4) is 0 Å². The van der Waals surface area contributed by atoms with Crippen molar-refractivity contribution in [2.24, 2.45) is 0 Å². The third-order valence-electron chi connectivity index (χ3n) is 3.60. The van der Waals surface area contributed by atoms with E-state index in [-0.39, 0.29) is 6.03 Å². The van der Waals surface area contributed by atoms with Crippen LogP contribution in [0, 0.1) is 13.8 Å². The van der Waals surface area contributed by atoms with E-state index in [1.807, 2.05) is 26.0 Å². The molecule has 2 amide bonds. The summed E-state index contributed by atoms with van der Waals surface area (Å²) in [6.07, 6.45) is 4.57. The van der Waals surface area contributed by atoms with Gasteiger partial charge in [0.15, 0.2) is 0 Å². The zero-order valence-electron chi connectivity index (χ0n) is 11.0. The van der Waals surface area contributed by atoms with Gasteiger partial charge in [0.05, 0.1) is 11.4 Å². The average molecular weight is 247 g/mol. The SMILES string of the molecule is Cc1cc(N)c(NC(=O)NC2CCCC2)cc1C. The van der Waals surface area contributed by atoms with E-state index in [0.717, 1.165) is 24.0 Å². The van der Waals surface area contributed by atoms with Crippen LogP contribution in [0.5, 0.6) is 0 Å². The van der Waals surface area contributed by atoms with Gasteiger partial charge in [0.25, 0.3) is 0 Å². The van der Waals surface area contributed by atoms with E-state index < -0.39 is 0 Å². The van der Waals surface area contributed by atoms with Crippen LogP contribution in [0.25, 0.3) is 0 Å². The molecule has 1 aliphatic rings. The highest BCUT2D eigenvalue weighted by Gasteiger charge is 2.17. The Morgan fingerprint density at radius 3 is 2.50 bits per heavy atom. The van der Waals surface area contributed by atoms with Gasteiger partial charge in [-0.15, -0.1) is 0 Å². The smallest absolute Gasteiger partial charge is 0.319 e. The van der Waals surface area contributed by atoms with E-state index in [1.54, 1.807) is 0 Å². The largest absolute Gasteiger partial charge is 0.397 e. The molecule has 0 radical (unpaired) electrons. The molecule has 0 bridgehead atoms. The molecule has 1 saturated carbocycles. The molecule has 1 aromatic carbocycles. The average Bonchev–Trinajstić information content (AvgIpc) is 2.78. The van der Waals surface area contributed by atoms with Crippen LogP contribution < -0.4 is 16.4 Å². The first-order valence-corrected chi connectivity index (χ1v) is 6.50. The molecule has 4 N–H and O–H groups in total. The van der Waals surface area contributed by atoms with Crippen molar-refractivity contribution in [3.63, 3.8) is 0 Å². The van der Waals surface area contributed by atoms with Gasteiger partial charge in [-0.2, -0.15) is 0 Å². The van der Waals surface area contributed by atoms with Gasteiger partial charge >= 0.3 is 6.03 Å². The molecule has 0 aliphatic heterocycles. The van der Waals surface area contributed by atoms with Gasteiger partial charge in [-0.05, 0) is 49.9 Å². The van der Waals surface area contributed by atoms with E-state index >= 15 is 0 Å². The monoisotopic (exact) mass is 247 g/mol. The molecule has 0 saturated heterocycles. The molecule has 0 heterocycles. The number of carbonyl (C=O) groups is 1. The van der Waals surface area contributed by atoms with Crippen molar-refractivity contribution in [1.29, 1.82) is 0 Å². The first-order valence-electron chi connectivity index (χ1n) is 6.50. The molecule has 1 aromatic rings. The highest BCUT2D eigenvalue weighted by atomic mass is 16.2. The van der Waals surface area contributed by atoms with E-state index in [4.69, 9.17) is 5.73 Å². The van der Waals surface area contributed by atoms with E-state index in [1.165, 1.54) is 12.8 Å². The van der Waals surface area contributed by atoms with Gasteiger partial charge in [-0.3, -0.25) is 0 Å². The maximum atomic E-state index is 11.8. The van der Waals surface area contributed by atoms with Gasteiger partial charge in [0.2, 0.25) is 0 Å². The minimum atomic E-state index is -0.156. The molecule has 4 heteroatoms. The number of hydrogen-bond acceptors (Lipinski definition) is 2. The Morgan fingerprint density at radius 2 is 1.83 bits per heavy atom. The second-order valence-electron chi connectivity index (χ2n) is 5.10. The molecular weight excluding hydrogens is 226 g/mol. The molecule has 98 valence electrons. The van der Waals surface area contributed by atoms with Crippen LogP contribution in [0.3, 0.4) is 0 Å². The van der Waals surface area contributed by atoms with Gasteiger partial charge in [-0.25, -0.2) is 4.79 Å². The Kier molecular flexibility index (Phi) is 3.75. The van der Waals surface area contributed by atoms with Crippen LogP contribution >= 0.6 is 0 Å². The molecule has 1 aliphatic carbocycles. The van der Waals surface area contributed by atoms with Crippen molar-refractivity contribution in [1.82, 2.24) is 5.32 Å². The lowest BCUT2D eigenvalue weighted by atomic mass is 10.1. The first kappa shape index (κ1) is 12.7. The number of nitrogens with one attached hydrogen (secondary N) is 2. The summed E-state index contributed by atoms with van der Waals surface area (Å²) in [6.45, 7) is 4.02. The molecule has 2 rings (SSSR count). The number of hydrogen-bond donors (Lipinski definition) is 3. The zero-order valence-corrected chi connectivity index (χ0v) is 11.0. The third kappa shape index (κ3) is 2.94. The number of rotatable bonds is 2. The predicted molar refractivity (Wildman–Crippen MR) is 74.7 cm³/mol. The summed E-state index contributed by atoms with van der Waals surface area (Å²) in [4.78, 5) is 11.8. The number of nitrogen functional groups attached to an aromatic ring is 1. The predicted octanol–water partition coefficient (Wildman–Crippen LogP) is 2.95. The summed E-state index contributed by atoms with van der Waals surface area (Å²) in [6, 6.07) is 3.97. The van der Waals surface area contributed by atoms with Crippen LogP contribution in [0.4, 0.5) is 16.2 Å². The van der Waals surface area contributed by atoms with Crippen LogP contribution in [-0.2, 0) is 0 Å². The maximum absolute atomic E-state index is 11.8. The third-order valence-corrected chi connectivity index (χ3v) is 3.60. The Balaban J connectivity index is 2.00. The van der Waals surface area contributed by atoms with Crippen LogP contribution in [-0.4, -0.2) is 12.1 Å². The van der Waals surface area contributed by atoms with E-state index in [0.29, 0.717) is 17.4 Å². The number of amides is 2. The molecule has 0 atom stereocenters. The molecule has 0 spiro atoms. The first-order chi connectivity index (χ1) is 8.56. The summed E-state index contributed by atoms with van der Waals surface area (Å²) in [5.74, 6) is 0. The fraction of sp³-hybridized carbons (Fsp3) is 0.500. The summed E-state index contributed by atoms with van der Waals surface area (Å²) in [7, 11) is 0. The quantitative estimate of drug-likeness (QED) is 0.703. The fourth-order valence-electron chi connectivity index (χ4n) is 2.36. The molecule has 18 heavy (non-hydrogen) atoms. The Labute approximate surface area is 108 Å². The van der Waals surface area contributed by atoms with Gasteiger partial charge < -0.3 is 16.4 Å². The minimum absolute atomic E-state index is 0.156. The zero-order chi connectivity index (χ0) is 13.1. The van der Waals surface area contributed by atoms with Crippen molar-refractivity contribution in [2.45, 2.75) is 45.6 Å². The van der Waals surface area contributed by atoms with Crippen LogP contribution in [0.2, 0.25) is 0 Å². The van der Waals surface area contributed by atoms with Crippen molar-refractivity contribution in [2.75, 3.05) is 11.1 Å². The van der Waals surface area contributed by atoms with Crippen LogP contribution in [0.1, 0.15) is 36.8 Å². The van der Waals surface area contributed by atoms with Crippen molar-refractivity contribution in [3.05, 3.63) is 23.3 Å². The van der Waals surface area contributed by atoms with Gasteiger partial charge in [0.1, 0.15) is 0 Å². The lowest BCUT2D eigenvalue weighted by molar-refractivity contribution is 0.248. The number of aryl methyl sites for hydroxylation is 2. The Morgan fingerprint density at radius 1 is 1.22 bits per heavy atom. The highest BCUT2D eigenvalue weighted by molar-refractivity contribution is 5.93. The Hall–Kier alpha value is -1.71. The molecule has 0 aromatic heterocycles. The number of nitrogens with two attached hydrogens (primary N) is 1. The fourth-order valence-corrected chi connectivity index (χ4v) is 2.36. The summed E-state index contributed by atoms with van der Waals surface area (Å²) in [5.41, 5.74) is 9.46. The lowest BCUT2D eigenvalue weighted by Crippen LogP contribution is -2.36. The lowest BCUT2D eigenvalue weighted by Gasteiger charge is -2.15. The van der Waals surface area contributed by atoms with Crippen molar-refractivity contribution < 1.29 is 4.79 Å². The molecule has 4 nitrogen and oxygen atoms in total. The molecule has 1 fully saturated rings. The highest BCUT2D eigenvalue weighted by Crippen LogP contribution is 2.23. The molecule has 0 unspecified atom stereocenters. The van der Waals surface area contributed by atoms with E-state index in [9.17, 15) is 4.79 Å². The second kappa shape index (κ2) is 5.29. The summed E-state index contributed by atoms with van der Waals surface area (Å²) < 4.78 is 0. The summed E-state index contributed by atoms with van der Waals surface area (Å²) >= 11 is 0. The molecular formula is C14H21N3O. The van der Waals surface area contributed by atoms with Gasteiger partial charge in [0, 0.05) is 6.04 Å². The standard InChI is InChI=1S/C14H21N3O/c1-9-7-12(15)13(8-10(9)2)17-14(18)16-11-5-3-4-6-11/h7-8,11H,3-6,15H2,1-2H3,(H2,16,17,18). The van der Waals surface area contributed by atoms with Gasteiger partial charge in [-0.1, -0.05) is 12.8 Å².